The van der Waals surface area contributed by atoms with Crippen molar-refractivity contribution in [1.29, 1.82) is 0 Å². The number of aliphatic hydroxyl groups excluding tert-OH is 1. The monoisotopic (exact) mass is 434 g/mol. The Kier molecular flexibility index (Phi) is 6.43. The number of aliphatic hydroxyl groups is 1. The molecule has 0 bridgehead atoms. The van der Waals surface area contributed by atoms with Crippen molar-refractivity contribution in [3.05, 3.63) is 0 Å². The summed E-state index contributed by atoms with van der Waals surface area (Å²) < 4.78 is 0. The number of carbonyl (C=O) groups is 2. The molecule has 9 atom stereocenters. The molecule has 4 fully saturated rings. The Morgan fingerprint density at radius 3 is 2.61 bits per heavy atom. The highest BCUT2D eigenvalue weighted by Crippen LogP contribution is 2.67. The summed E-state index contributed by atoms with van der Waals surface area (Å²) >= 11 is 0. The number of carboxylic acid groups (broad SMARTS) is 1. The van der Waals surface area contributed by atoms with E-state index in [1.54, 1.807) is 0 Å². The summed E-state index contributed by atoms with van der Waals surface area (Å²) in [5.74, 6) is 2.10. The van der Waals surface area contributed by atoms with Gasteiger partial charge in [0.2, 0.25) is 5.91 Å². The van der Waals surface area contributed by atoms with E-state index in [1.165, 1.54) is 32.1 Å². The molecule has 6 heteroatoms. The zero-order valence-electron chi connectivity index (χ0n) is 19.5. The van der Waals surface area contributed by atoms with Crippen molar-refractivity contribution in [1.82, 2.24) is 10.6 Å². The molecule has 0 aromatic rings. The van der Waals surface area contributed by atoms with Crippen LogP contribution in [0.1, 0.15) is 72.1 Å². The molecule has 4 aliphatic rings. The van der Waals surface area contributed by atoms with E-state index >= 15 is 0 Å². The minimum Gasteiger partial charge on any atom is -0.480 e. The topological polar surface area (TPSA) is 98.7 Å². The van der Waals surface area contributed by atoms with Gasteiger partial charge in [-0.3, -0.25) is 9.59 Å². The average Bonchev–Trinajstić information content (AvgIpc) is 3.08. The van der Waals surface area contributed by atoms with Gasteiger partial charge in [0.05, 0.1) is 6.10 Å². The molecule has 1 saturated heterocycles. The molecule has 31 heavy (non-hydrogen) atoms. The molecular formula is C25H42N2O4. The van der Waals surface area contributed by atoms with E-state index in [2.05, 4.69) is 31.4 Å². The highest BCUT2D eigenvalue weighted by atomic mass is 16.4. The third kappa shape index (κ3) is 4.03. The van der Waals surface area contributed by atoms with Gasteiger partial charge in [0.25, 0.3) is 0 Å². The molecule has 0 radical (unpaired) electrons. The Morgan fingerprint density at radius 1 is 1.13 bits per heavy atom. The number of carbonyl (C=O) groups excluding carboxylic acids is 1. The molecule has 0 aromatic carbocycles. The number of hydrogen-bond donors (Lipinski definition) is 4. The Morgan fingerprint density at radius 2 is 1.87 bits per heavy atom. The number of carboxylic acids is 1. The Hall–Kier alpha value is -1.14. The molecular weight excluding hydrogens is 392 g/mol. The van der Waals surface area contributed by atoms with Crippen LogP contribution >= 0.6 is 0 Å². The molecule has 1 heterocycles. The molecule has 4 N–H and O–H groups in total. The number of aliphatic carboxylic acids is 1. The van der Waals surface area contributed by atoms with Crippen LogP contribution in [0.5, 0.6) is 0 Å². The van der Waals surface area contributed by atoms with Crippen LogP contribution < -0.4 is 10.6 Å². The predicted octanol–water partition coefficient (Wildman–Crippen LogP) is 3.04. The molecule has 3 aliphatic carbocycles. The van der Waals surface area contributed by atoms with Crippen LogP contribution in [-0.4, -0.2) is 47.8 Å². The maximum Gasteiger partial charge on any atom is 0.322 e. The van der Waals surface area contributed by atoms with E-state index in [0.717, 1.165) is 25.9 Å². The standard InChI is InChI=1S/C25H42N2O4/c1-15(4-7-21(29)27-14-22(30)31)17-5-6-18-23-19(8-9-25(17,18)3)24(2)10-11-26-13-16(24)12-20(23)28/h15-20,23,26,28H,4-14H2,1-3H3,(H,27,29)(H,30,31)/t15-,16-,17-,18+,19+,20+,23+,24+,25-/m1/s1. The maximum absolute atomic E-state index is 12.0. The van der Waals surface area contributed by atoms with Gasteiger partial charge in [-0.2, -0.15) is 0 Å². The largest absolute Gasteiger partial charge is 0.480 e. The highest BCUT2D eigenvalue weighted by Gasteiger charge is 2.62. The molecule has 1 aliphatic heterocycles. The fourth-order valence-corrected chi connectivity index (χ4v) is 8.66. The summed E-state index contributed by atoms with van der Waals surface area (Å²) in [6.45, 7) is 9.12. The number of nitrogens with one attached hydrogen (secondary N) is 2. The molecule has 0 unspecified atom stereocenters. The van der Waals surface area contributed by atoms with Gasteiger partial charge in [-0.25, -0.2) is 0 Å². The van der Waals surface area contributed by atoms with Crippen molar-refractivity contribution in [2.24, 2.45) is 46.3 Å². The smallest absolute Gasteiger partial charge is 0.322 e. The van der Waals surface area contributed by atoms with Crippen molar-refractivity contribution in [2.75, 3.05) is 19.6 Å². The van der Waals surface area contributed by atoms with Crippen molar-refractivity contribution in [3.63, 3.8) is 0 Å². The molecule has 0 aromatic heterocycles. The van der Waals surface area contributed by atoms with Gasteiger partial charge in [-0.1, -0.05) is 20.8 Å². The zero-order chi connectivity index (χ0) is 22.4. The summed E-state index contributed by atoms with van der Waals surface area (Å²) in [5.41, 5.74) is 0.609. The second kappa shape index (κ2) is 8.66. The first-order valence-corrected chi connectivity index (χ1v) is 12.5. The SMILES string of the molecule is C[C@H](CCC(=O)NCC(=O)O)[C@H]1CC[C@H]2[C@@H]3[C@@H](O)C[C@@H]4CNCC[C@]4(C)[C@H]3CC[C@]12C. The first-order valence-electron chi connectivity index (χ1n) is 12.5. The number of amides is 1. The van der Waals surface area contributed by atoms with Crippen molar-refractivity contribution in [3.8, 4) is 0 Å². The van der Waals surface area contributed by atoms with Gasteiger partial charge < -0.3 is 20.8 Å². The highest BCUT2D eigenvalue weighted by molar-refractivity contribution is 5.81. The van der Waals surface area contributed by atoms with Gasteiger partial charge in [0.15, 0.2) is 0 Å². The van der Waals surface area contributed by atoms with Crippen LogP contribution in [0, 0.1) is 46.3 Å². The number of hydrogen-bond acceptors (Lipinski definition) is 4. The van der Waals surface area contributed by atoms with E-state index in [1.807, 2.05) is 0 Å². The quantitative estimate of drug-likeness (QED) is 0.515. The first kappa shape index (κ1) is 23.0. The van der Waals surface area contributed by atoms with Crippen molar-refractivity contribution >= 4 is 11.9 Å². The molecule has 176 valence electrons. The van der Waals surface area contributed by atoms with Crippen LogP contribution in [0.2, 0.25) is 0 Å². The van der Waals surface area contributed by atoms with Crippen LogP contribution in [0.4, 0.5) is 0 Å². The minimum absolute atomic E-state index is 0.162. The number of fused-ring (bicyclic) bond motifs is 5. The zero-order valence-corrected chi connectivity index (χ0v) is 19.5. The first-order chi connectivity index (χ1) is 14.7. The molecule has 6 nitrogen and oxygen atoms in total. The van der Waals surface area contributed by atoms with Crippen LogP contribution in [0.3, 0.4) is 0 Å². The molecule has 0 spiro atoms. The molecule has 1 amide bonds. The van der Waals surface area contributed by atoms with Gasteiger partial charge in [0, 0.05) is 6.42 Å². The average molecular weight is 435 g/mol. The maximum atomic E-state index is 12.0. The van der Waals surface area contributed by atoms with Crippen LogP contribution in [0.25, 0.3) is 0 Å². The number of piperidine rings is 1. The third-order valence-corrected chi connectivity index (χ3v) is 10.3. The van der Waals surface area contributed by atoms with Crippen molar-refractivity contribution in [2.45, 2.75) is 78.2 Å². The lowest BCUT2D eigenvalue weighted by molar-refractivity contribution is -0.161. The van der Waals surface area contributed by atoms with E-state index < -0.39 is 5.97 Å². The second-order valence-corrected chi connectivity index (χ2v) is 11.7. The fraction of sp³-hybridized carbons (Fsp3) is 0.920. The van der Waals surface area contributed by atoms with Gasteiger partial charge >= 0.3 is 5.97 Å². The lowest BCUT2D eigenvalue weighted by atomic mass is 9.45. The Labute approximate surface area is 186 Å². The van der Waals surface area contributed by atoms with Gasteiger partial charge in [0.1, 0.15) is 6.54 Å². The van der Waals surface area contributed by atoms with Gasteiger partial charge in [-0.05, 0) is 104 Å². The Bertz CT molecular complexity index is 699. The fourth-order valence-electron chi connectivity index (χ4n) is 8.66. The summed E-state index contributed by atoms with van der Waals surface area (Å²) in [7, 11) is 0. The Balaban J connectivity index is 1.44. The molecule has 4 rings (SSSR count). The summed E-state index contributed by atoms with van der Waals surface area (Å²) in [4.78, 5) is 22.7. The van der Waals surface area contributed by atoms with E-state index in [0.29, 0.717) is 47.3 Å². The summed E-state index contributed by atoms with van der Waals surface area (Å²) in [6, 6.07) is 0. The van der Waals surface area contributed by atoms with E-state index in [4.69, 9.17) is 5.11 Å². The van der Waals surface area contributed by atoms with Crippen LogP contribution in [0.15, 0.2) is 0 Å². The lowest BCUT2D eigenvalue weighted by Gasteiger charge is -2.62. The second-order valence-electron chi connectivity index (χ2n) is 11.7. The van der Waals surface area contributed by atoms with Gasteiger partial charge in [-0.15, -0.1) is 0 Å². The summed E-state index contributed by atoms with van der Waals surface area (Å²) in [5, 5.41) is 26.1. The molecule has 3 saturated carbocycles. The summed E-state index contributed by atoms with van der Waals surface area (Å²) in [6.07, 6.45) is 8.06. The predicted molar refractivity (Wildman–Crippen MR) is 119 cm³/mol. The number of rotatable bonds is 6. The third-order valence-electron chi connectivity index (χ3n) is 10.3. The van der Waals surface area contributed by atoms with E-state index in [-0.39, 0.29) is 24.0 Å². The van der Waals surface area contributed by atoms with E-state index in [9.17, 15) is 14.7 Å². The van der Waals surface area contributed by atoms with Crippen molar-refractivity contribution < 1.29 is 19.8 Å². The lowest BCUT2D eigenvalue weighted by Crippen LogP contribution is -2.60. The minimum atomic E-state index is -1.000. The van der Waals surface area contributed by atoms with Crippen LogP contribution in [-0.2, 0) is 9.59 Å². The normalized spacial score (nSPS) is 45.2.